The van der Waals surface area contributed by atoms with Crippen molar-refractivity contribution in [1.82, 2.24) is 9.88 Å². The molecule has 1 N–H and O–H groups in total. The van der Waals surface area contributed by atoms with Gasteiger partial charge in [0.2, 0.25) is 0 Å². The number of aromatic nitrogens is 1. The van der Waals surface area contributed by atoms with Gasteiger partial charge in [0.1, 0.15) is 6.04 Å². The normalized spacial score (nSPS) is 17.9. The van der Waals surface area contributed by atoms with E-state index < -0.39 is 11.0 Å². The Morgan fingerprint density at radius 1 is 1.06 bits per heavy atom. The van der Waals surface area contributed by atoms with Crippen LogP contribution in [0.5, 0.6) is 0 Å². The summed E-state index contributed by atoms with van der Waals surface area (Å²) in [6, 6.07) is 23.9. The fourth-order valence-corrected chi connectivity index (χ4v) is 4.92. The van der Waals surface area contributed by atoms with E-state index in [0.29, 0.717) is 19.6 Å². The lowest BCUT2D eigenvalue weighted by Gasteiger charge is -2.41. The molecular weight excluding hydrogens is 430 g/mol. The maximum Gasteiger partial charge on any atom is 0.323 e. The Kier molecular flexibility index (Phi) is 5.86. The maximum atomic E-state index is 13.2. The lowest BCUT2D eigenvalue weighted by molar-refractivity contribution is -0.384. The predicted molar refractivity (Wildman–Crippen MR) is 129 cm³/mol. The quantitative estimate of drug-likeness (QED) is 0.247. The zero-order chi connectivity index (χ0) is 23.7. The number of nitro groups is 1. The largest absolute Gasteiger partial charge is 0.465 e. The minimum atomic E-state index is -0.493. The van der Waals surface area contributed by atoms with E-state index in [0.717, 1.165) is 33.3 Å². The molecule has 2 atom stereocenters. The van der Waals surface area contributed by atoms with Crippen LogP contribution in [-0.2, 0) is 22.5 Å². The molecule has 7 heteroatoms. The number of benzene rings is 3. The maximum absolute atomic E-state index is 13.2. The molecule has 2 heterocycles. The number of hydrogen-bond donors (Lipinski definition) is 1. The molecule has 0 bridgehead atoms. The van der Waals surface area contributed by atoms with E-state index in [1.807, 2.05) is 55.5 Å². The lowest BCUT2D eigenvalue weighted by atomic mass is 9.87. The SMILES string of the molecule is CCOC(=O)[C@@H]1Cc2c([nH]c3ccccc23)[C@@H](c2ccc([N+](=O)[O-])cc2)N1Cc1ccccc1. The van der Waals surface area contributed by atoms with Crippen molar-refractivity contribution in [2.24, 2.45) is 0 Å². The predicted octanol–water partition coefficient (Wildman–Crippen LogP) is 5.16. The van der Waals surface area contributed by atoms with Crippen LogP contribution in [0, 0.1) is 10.1 Å². The highest BCUT2D eigenvalue weighted by molar-refractivity contribution is 5.87. The van der Waals surface area contributed by atoms with Gasteiger partial charge in [0, 0.05) is 41.7 Å². The second-order valence-electron chi connectivity index (χ2n) is 8.44. The van der Waals surface area contributed by atoms with Gasteiger partial charge < -0.3 is 9.72 Å². The number of ether oxygens (including phenoxy) is 1. The molecule has 7 nitrogen and oxygen atoms in total. The first-order valence-corrected chi connectivity index (χ1v) is 11.4. The highest BCUT2D eigenvalue weighted by atomic mass is 16.6. The lowest BCUT2D eigenvalue weighted by Crippen LogP contribution is -2.48. The van der Waals surface area contributed by atoms with Crippen molar-refractivity contribution in [3.8, 4) is 0 Å². The number of aromatic amines is 1. The van der Waals surface area contributed by atoms with E-state index >= 15 is 0 Å². The second-order valence-corrected chi connectivity index (χ2v) is 8.44. The van der Waals surface area contributed by atoms with Crippen LogP contribution in [0.25, 0.3) is 10.9 Å². The highest BCUT2D eigenvalue weighted by Gasteiger charge is 2.41. The summed E-state index contributed by atoms with van der Waals surface area (Å²) in [4.78, 5) is 29.8. The Hall–Kier alpha value is -3.97. The first kappa shape index (κ1) is 21.9. The van der Waals surface area contributed by atoms with Crippen molar-refractivity contribution in [2.45, 2.75) is 32.0 Å². The standard InChI is InChI=1S/C27H25N3O4/c1-2-34-27(31)24-16-22-21-10-6-7-11-23(21)28-25(22)26(19-12-14-20(15-13-19)30(32)33)29(24)17-18-8-4-3-5-9-18/h3-15,24,26,28H,2,16-17H2,1H3/t24-,26+/m0/s1. The fraction of sp³-hybridized carbons (Fsp3) is 0.222. The van der Waals surface area contributed by atoms with Gasteiger partial charge in [-0.2, -0.15) is 0 Å². The summed E-state index contributed by atoms with van der Waals surface area (Å²) >= 11 is 0. The number of H-pyrrole nitrogens is 1. The fourth-order valence-electron chi connectivity index (χ4n) is 4.92. The number of carbonyl (C=O) groups excluding carboxylic acids is 1. The van der Waals surface area contributed by atoms with Gasteiger partial charge >= 0.3 is 5.97 Å². The molecule has 0 fully saturated rings. The average molecular weight is 456 g/mol. The van der Waals surface area contributed by atoms with Crippen molar-refractivity contribution in [1.29, 1.82) is 0 Å². The zero-order valence-corrected chi connectivity index (χ0v) is 18.8. The van der Waals surface area contributed by atoms with Gasteiger partial charge in [0.25, 0.3) is 5.69 Å². The van der Waals surface area contributed by atoms with Gasteiger partial charge in [-0.3, -0.25) is 19.8 Å². The van der Waals surface area contributed by atoms with E-state index in [2.05, 4.69) is 16.0 Å². The summed E-state index contributed by atoms with van der Waals surface area (Å²) in [6.45, 7) is 2.64. The molecule has 1 aromatic heterocycles. The Morgan fingerprint density at radius 3 is 2.47 bits per heavy atom. The second kappa shape index (κ2) is 9.11. The van der Waals surface area contributed by atoms with Crippen LogP contribution in [0.2, 0.25) is 0 Å². The van der Waals surface area contributed by atoms with Gasteiger partial charge in [-0.1, -0.05) is 60.7 Å². The van der Waals surface area contributed by atoms with Crippen LogP contribution < -0.4 is 0 Å². The number of nitrogens with zero attached hydrogens (tertiary/aromatic N) is 2. The molecule has 172 valence electrons. The number of fused-ring (bicyclic) bond motifs is 3. The number of hydrogen-bond acceptors (Lipinski definition) is 5. The van der Waals surface area contributed by atoms with Gasteiger partial charge in [0.15, 0.2) is 0 Å². The van der Waals surface area contributed by atoms with Gasteiger partial charge in [-0.25, -0.2) is 0 Å². The smallest absolute Gasteiger partial charge is 0.323 e. The number of nitrogens with one attached hydrogen (secondary N) is 1. The molecule has 0 saturated heterocycles. The van der Waals surface area contributed by atoms with Crippen molar-refractivity contribution in [3.05, 3.63) is 111 Å². The minimum absolute atomic E-state index is 0.0352. The Bertz CT molecular complexity index is 1330. The average Bonchev–Trinajstić information content (AvgIpc) is 3.22. The summed E-state index contributed by atoms with van der Waals surface area (Å²) in [6.07, 6.45) is 0.522. The van der Waals surface area contributed by atoms with E-state index in [1.165, 1.54) is 12.1 Å². The van der Waals surface area contributed by atoms with Gasteiger partial charge in [-0.15, -0.1) is 0 Å². The van der Waals surface area contributed by atoms with Crippen LogP contribution in [-0.4, -0.2) is 33.4 Å². The molecule has 3 aromatic carbocycles. The molecule has 1 aliphatic heterocycles. The van der Waals surface area contributed by atoms with Crippen LogP contribution in [0.3, 0.4) is 0 Å². The zero-order valence-electron chi connectivity index (χ0n) is 18.8. The van der Waals surface area contributed by atoms with Gasteiger partial charge in [-0.05, 0) is 29.7 Å². The number of para-hydroxylation sites is 1. The Morgan fingerprint density at radius 2 is 1.76 bits per heavy atom. The molecule has 0 aliphatic carbocycles. The third-order valence-electron chi connectivity index (χ3n) is 6.44. The molecule has 4 aromatic rings. The first-order valence-electron chi connectivity index (χ1n) is 11.4. The molecule has 0 radical (unpaired) electrons. The summed E-state index contributed by atoms with van der Waals surface area (Å²) in [5, 5.41) is 12.3. The van der Waals surface area contributed by atoms with E-state index in [-0.39, 0.29) is 17.7 Å². The van der Waals surface area contributed by atoms with Crippen LogP contribution >= 0.6 is 0 Å². The molecule has 1 aliphatic rings. The first-order chi connectivity index (χ1) is 16.6. The van der Waals surface area contributed by atoms with Crippen LogP contribution in [0.1, 0.15) is 35.3 Å². The van der Waals surface area contributed by atoms with Crippen molar-refractivity contribution >= 4 is 22.6 Å². The van der Waals surface area contributed by atoms with Crippen LogP contribution in [0.15, 0.2) is 78.9 Å². The Balaban J connectivity index is 1.69. The van der Waals surface area contributed by atoms with Crippen molar-refractivity contribution in [2.75, 3.05) is 6.61 Å². The number of nitro benzene ring substituents is 1. The monoisotopic (exact) mass is 455 g/mol. The number of rotatable bonds is 6. The number of non-ortho nitro benzene ring substituents is 1. The van der Waals surface area contributed by atoms with Crippen LogP contribution in [0.4, 0.5) is 5.69 Å². The molecular formula is C27H25N3O4. The summed E-state index contributed by atoms with van der Waals surface area (Å²) < 4.78 is 5.51. The third kappa shape index (κ3) is 3.95. The topological polar surface area (TPSA) is 88.5 Å². The van der Waals surface area contributed by atoms with E-state index in [4.69, 9.17) is 4.74 Å². The summed E-state index contributed by atoms with van der Waals surface area (Å²) in [5.74, 6) is -0.263. The number of carbonyl (C=O) groups is 1. The molecule has 0 saturated carbocycles. The van der Waals surface area contributed by atoms with Crippen molar-refractivity contribution in [3.63, 3.8) is 0 Å². The third-order valence-corrected chi connectivity index (χ3v) is 6.44. The summed E-state index contributed by atoms with van der Waals surface area (Å²) in [5.41, 5.74) is 5.08. The minimum Gasteiger partial charge on any atom is -0.465 e. The van der Waals surface area contributed by atoms with E-state index in [9.17, 15) is 14.9 Å². The molecule has 0 spiro atoms. The molecule has 0 amide bonds. The highest BCUT2D eigenvalue weighted by Crippen LogP contribution is 2.42. The summed E-state index contributed by atoms with van der Waals surface area (Å²) in [7, 11) is 0. The van der Waals surface area contributed by atoms with Crippen molar-refractivity contribution < 1.29 is 14.5 Å². The molecule has 5 rings (SSSR count). The van der Waals surface area contributed by atoms with E-state index in [1.54, 1.807) is 12.1 Å². The Labute approximate surface area is 197 Å². The van der Waals surface area contributed by atoms with Gasteiger partial charge in [0.05, 0.1) is 17.6 Å². The number of esters is 1. The molecule has 34 heavy (non-hydrogen) atoms. The molecule has 0 unspecified atom stereocenters.